The second-order valence-electron chi connectivity index (χ2n) is 5.96. The highest BCUT2D eigenvalue weighted by Gasteiger charge is 2.15. The van der Waals surface area contributed by atoms with Crippen molar-refractivity contribution in [1.29, 1.82) is 0 Å². The van der Waals surface area contributed by atoms with Gasteiger partial charge in [0.1, 0.15) is 11.4 Å². The zero-order chi connectivity index (χ0) is 17.6. The van der Waals surface area contributed by atoms with Gasteiger partial charge in [-0.25, -0.2) is 0 Å². The predicted molar refractivity (Wildman–Crippen MR) is 104 cm³/mol. The number of rotatable bonds is 5. The van der Waals surface area contributed by atoms with Crippen LogP contribution in [-0.2, 0) is 6.42 Å². The summed E-state index contributed by atoms with van der Waals surface area (Å²) >= 11 is 0. The number of aromatic amines is 1. The molecule has 26 heavy (non-hydrogen) atoms. The standard InChI is InChI=1S/C22H18N4/c1-4-10-17(11-5-1)16-20-22(26-23-19-14-8-3-9-15-19)21(25-24-20)18-12-6-2-7-13-18/h1-15H,16H2,(H,24,25). The SMILES string of the molecule is c1ccc(Cc2[nH]nc(-c3ccccc3)c2N=Nc2ccccc2)cc1. The van der Waals surface area contributed by atoms with Crippen LogP contribution in [0.1, 0.15) is 11.3 Å². The van der Waals surface area contributed by atoms with Crippen LogP contribution in [-0.4, -0.2) is 10.2 Å². The van der Waals surface area contributed by atoms with Crippen LogP contribution in [0.4, 0.5) is 11.4 Å². The molecule has 1 heterocycles. The lowest BCUT2D eigenvalue weighted by molar-refractivity contribution is 0.995. The van der Waals surface area contributed by atoms with Gasteiger partial charge in [0.05, 0.1) is 11.4 Å². The average molecular weight is 338 g/mol. The van der Waals surface area contributed by atoms with Crippen molar-refractivity contribution in [1.82, 2.24) is 10.2 Å². The summed E-state index contributed by atoms with van der Waals surface area (Å²) in [6.45, 7) is 0. The van der Waals surface area contributed by atoms with Gasteiger partial charge >= 0.3 is 0 Å². The molecule has 1 N–H and O–H groups in total. The fraction of sp³-hybridized carbons (Fsp3) is 0.0455. The molecule has 0 amide bonds. The Bertz CT molecular complexity index is 990. The second-order valence-corrected chi connectivity index (χ2v) is 5.96. The molecule has 0 unspecified atom stereocenters. The van der Waals surface area contributed by atoms with Crippen molar-refractivity contribution in [3.63, 3.8) is 0 Å². The van der Waals surface area contributed by atoms with Gasteiger partial charge in [-0.3, -0.25) is 5.10 Å². The Balaban J connectivity index is 1.74. The normalized spacial score (nSPS) is 11.1. The van der Waals surface area contributed by atoms with E-state index in [1.54, 1.807) is 0 Å². The molecule has 0 spiro atoms. The van der Waals surface area contributed by atoms with E-state index in [9.17, 15) is 0 Å². The van der Waals surface area contributed by atoms with Gasteiger partial charge in [0.2, 0.25) is 0 Å². The third-order valence-corrected chi connectivity index (χ3v) is 4.11. The second kappa shape index (κ2) is 7.57. The summed E-state index contributed by atoms with van der Waals surface area (Å²) in [5, 5.41) is 16.6. The summed E-state index contributed by atoms with van der Waals surface area (Å²) in [5.74, 6) is 0. The summed E-state index contributed by atoms with van der Waals surface area (Å²) < 4.78 is 0. The Morgan fingerprint density at radius 3 is 2.00 bits per heavy atom. The molecule has 0 fully saturated rings. The molecule has 0 atom stereocenters. The highest BCUT2D eigenvalue weighted by molar-refractivity contribution is 5.73. The molecule has 4 aromatic rings. The third kappa shape index (κ3) is 3.59. The molecule has 4 heteroatoms. The van der Waals surface area contributed by atoms with Gasteiger partial charge in [0, 0.05) is 12.0 Å². The van der Waals surface area contributed by atoms with Crippen molar-refractivity contribution < 1.29 is 0 Å². The van der Waals surface area contributed by atoms with E-state index < -0.39 is 0 Å². The summed E-state index contributed by atoms with van der Waals surface area (Å²) in [6.07, 6.45) is 0.726. The Morgan fingerprint density at radius 1 is 0.692 bits per heavy atom. The zero-order valence-electron chi connectivity index (χ0n) is 14.2. The lowest BCUT2D eigenvalue weighted by atomic mass is 10.1. The molecule has 0 aliphatic carbocycles. The van der Waals surface area contributed by atoms with Crippen LogP contribution in [0.15, 0.2) is 101 Å². The molecule has 0 aliphatic rings. The summed E-state index contributed by atoms with van der Waals surface area (Å²) in [5.41, 5.74) is 5.59. The molecule has 4 nitrogen and oxygen atoms in total. The van der Waals surface area contributed by atoms with E-state index in [4.69, 9.17) is 0 Å². The molecular formula is C22H18N4. The number of aromatic nitrogens is 2. The largest absolute Gasteiger partial charge is 0.279 e. The van der Waals surface area contributed by atoms with Gasteiger partial charge in [-0.1, -0.05) is 78.9 Å². The first kappa shape index (κ1) is 16.0. The van der Waals surface area contributed by atoms with Gasteiger partial charge in [-0.05, 0) is 17.7 Å². The van der Waals surface area contributed by atoms with Crippen LogP contribution >= 0.6 is 0 Å². The summed E-state index contributed by atoms with van der Waals surface area (Å²) in [6, 6.07) is 30.1. The van der Waals surface area contributed by atoms with Gasteiger partial charge < -0.3 is 0 Å². The Hall–Kier alpha value is -3.53. The molecule has 126 valence electrons. The topological polar surface area (TPSA) is 53.4 Å². The zero-order valence-corrected chi connectivity index (χ0v) is 14.2. The molecular weight excluding hydrogens is 320 g/mol. The number of benzene rings is 3. The van der Waals surface area contributed by atoms with Crippen LogP contribution in [0, 0.1) is 0 Å². The Morgan fingerprint density at radius 2 is 1.31 bits per heavy atom. The van der Waals surface area contributed by atoms with Crippen molar-refractivity contribution in [3.8, 4) is 11.3 Å². The molecule has 0 radical (unpaired) electrons. The van der Waals surface area contributed by atoms with Crippen molar-refractivity contribution in [3.05, 3.63) is 102 Å². The fourth-order valence-corrected chi connectivity index (χ4v) is 2.80. The number of hydrogen-bond acceptors (Lipinski definition) is 3. The number of azo groups is 1. The minimum absolute atomic E-state index is 0.726. The quantitative estimate of drug-likeness (QED) is 0.440. The average Bonchev–Trinajstić information content (AvgIpc) is 3.11. The lowest BCUT2D eigenvalue weighted by Crippen LogP contribution is -1.88. The van der Waals surface area contributed by atoms with Crippen molar-refractivity contribution in [2.75, 3.05) is 0 Å². The first-order chi connectivity index (χ1) is 12.9. The molecule has 0 saturated carbocycles. The molecule has 0 saturated heterocycles. The van der Waals surface area contributed by atoms with Crippen LogP contribution in [0.2, 0.25) is 0 Å². The lowest BCUT2D eigenvalue weighted by Gasteiger charge is -2.02. The summed E-state index contributed by atoms with van der Waals surface area (Å²) in [4.78, 5) is 0. The van der Waals surface area contributed by atoms with Gasteiger partial charge in [0.15, 0.2) is 0 Å². The maximum atomic E-state index is 4.54. The molecule has 3 aromatic carbocycles. The Kier molecular flexibility index (Phi) is 4.65. The fourth-order valence-electron chi connectivity index (χ4n) is 2.80. The van der Waals surface area contributed by atoms with E-state index in [1.807, 2.05) is 78.9 Å². The molecule has 0 bridgehead atoms. The number of H-pyrrole nitrogens is 1. The number of nitrogens with zero attached hydrogens (tertiary/aromatic N) is 3. The van der Waals surface area contributed by atoms with E-state index in [1.165, 1.54) is 5.56 Å². The van der Waals surface area contributed by atoms with E-state index in [2.05, 4.69) is 32.6 Å². The van der Waals surface area contributed by atoms with E-state index in [0.29, 0.717) is 0 Å². The van der Waals surface area contributed by atoms with Crippen LogP contribution in [0.25, 0.3) is 11.3 Å². The maximum Gasteiger partial charge on any atom is 0.135 e. The van der Waals surface area contributed by atoms with Crippen molar-refractivity contribution in [2.45, 2.75) is 6.42 Å². The van der Waals surface area contributed by atoms with Crippen molar-refractivity contribution >= 4 is 11.4 Å². The first-order valence-corrected chi connectivity index (χ1v) is 8.53. The van der Waals surface area contributed by atoms with Crippen LogP contribution < -0.4 is 0 Å². The highest BCUT2D eigenvalue weighted by atomic mass is 15.2. The Labute approximate surface area is 152 Å². The first-order valence-electron chi connectivity index (χ1n) is 8.53. The van der Waals surface area contributed by atoms with Crippen molar-refractivity contribution in [2.24, 2.45) is 10.2 Å². The predicted octanol–water partition coefficient (Wildman–Crippen LogP) is 6.08. The molecule has 0 aliphatic heterocycles. The third-order valence-electron chi connectivity index (χ3n) is 4.11. The molecule has 1 aromatic heterocycles. The minimum Gasteiger partial charge on any atom is -0.279 e. The van der Waals surface area contributed by atoms with Crippen LogP contribution in [0.5, 0.6) is 0 Å². The van der Waals surface area contributed by atoms with Gasteiger partial charge in [0.25, 0.3) is 0 Å². The van der Waals surface area contributed by atoms with E-state index in [0.717, 1.165) is 34.7 Å². The summed E-state index contributed by atoms with van der Waals surface area (Å²) in [7, 11) is 0. The monoisotopic (exact) mass is 338 g/mol. The number of hydrogen-bond donors (Lipinski definition) is 1. The van der Waals surface area contributed by atoms with E-state index in [-0.39, 0.29) is 0 Å². The highest BCUT2D eigenvalue weighted by Crippen LogP contribution is 2.33. The maximum absolute atomic E-state index is 4.54. The van der Waals surface area contributed by atoms with Gasteiger partial charge in [-0.2, -0.15) is 10.2 Å². The number of nitrogens with one attached hydrogen (secondary N) is 1. The van der Waals surface area contributed by atoms with Crippen LogP contribution in [0.3, 0.4) is 0 Å². The van der Waals surface area contributed by atoms with Gasteiger partial charge in [-0.15, -0.1) is 5.11 Å². The smallest absolute Gasteiger partial charge is 0.135 e. The molecule has 4 rings (SSSR count). The van der Waals surface area contributed by atoms with E-state index >= 15 is 0 Å². The minimum atomic E-state index is 0.726.